The van der Waals surface area contributed by atoms with Crippen LogP contribution < -0.4 is 0 Å². The number of thiophene rings is 4. The largest absolute Gasteiger partial charge is 0.140 e. The fourth-order valence-electron chi connectivity index (χ4n) is 6.20. The molecule has 4 aromatic heterocycles. The Morgan fingerprint density at radius 1 is 0.575 bits per heavy atom. The van der Waals surface area contributed by atoms with Crippen LogP contribution in [0.5, 0.6) is 0 Å². The zero-order valence-corrected chi connectivity index (χ0v) is 28.6. The summed E-state index contributed by atoms with van der Waals surface area (Å²) in [6, 6.07) is 14.6. The van der Waals surface area contributed by atoms with Gasteiger partial charge in [0.15, 0.2) is 0 Å². The number of rotatable bonds is 14. The molecule has 2 unspecified atom stereocenters. The SMILES string of the molecule is CCCCC(CC)Cc1ccc(-c2c3cc(C)sc3c(-c3ccc(CC(CC)CCCC)s3)c3cc(C)sc23)s1. The van der Waals surface area contributed by atoms with Crippen LogP contribution in [0.15, 0.2) is 36.4 Å². The van der Waals surface area contributed by atoms with Gasteiger partial charge in [0, 0.05) is 60.6 Å². The third-order valence-electron chi connectivity index (χ3n) is 8.59. The van der Waals surface area contributed by atoms with Crippen molar-refractivity contribution in [3.63, 3.8) is 0 Å². The van der Waals surface area contributed by atoms with Gasteiger partial charge in [-0.2, -0.15) is 0 Å². The Bertz CT molecular complexity index is 1370. The second-order valence-electron chi connectivity index (χ2n) is 11.7. The lowest BCUT2D eigenvalue weighted by Gasteiger charge is -2.13. The number of hydrogen-bond donors (Lipinski definition) is 0. The van der Waals surface area contributed by atoms with Crippen molar-refractivity contribution in [1.82, 2.24) is 0 Å². The molecule has 0 fully saturated rings. The van der Waals surface area contributed by atoms with Crippen molar-refractivity contribution in [2.75, 3.05) is 0 Å². The van der Waals surface area contributed by atoms with E-state index in [9.17, 15) is 0 Å². The summed E-state index contributed by atoms with van der Waals surface area (Å²) in [6.07, 6.45) is 13.0. The van der Waals surface area contributed by atoms with E-state index in [2.05, 4.69) is 77.9 Å². The van der Waals surface area contributed by atoms with Crippen LogP contribution in [0.1, 0.15) is 98.6 Å². The van der Waals surface area contributed by atoms with E-state index in [0.29, 0.717) is 0 Å². The van der Waals surface area contributed by atoms with Crippen molar-refractivity contribution >= 4 is 65.5 Å². The second kappa shape index (κ2) is 13.7. The lowest BCUT2D eigenvalue weighted by atomic mass is 9.95. The maximum absolute atomic E-state index is 2.47. The van der Waals surface area contributed by atoms with Gasteiger partial charge in [0.25, 0.3) is 0 Å². The van der Waals surface area contributed by atoms with Gasteiger partial charge < -0.3 is 0 Å². The summed E-state index contributed by atoms with van der Waals surface area (Å²) in [7, 11) is 0. The highest BCUT2D eigenvalue weighted by Crippen LogP contribution is 2.51. The minimum absolute atomic E-state index is 0.809. The highest BCUT2D eigenvalue weighted by molar-refractivity contribution is 7.23. The molecular formula is C36H46S4. The fourth-order valence-corrected chi connectivity index (χ4v) is 10.9. The molecule has 5 aromatic rings. The van der Waals surface area contributed by atoms with E-state index in [0.717, 1.165) is 11.8 Å². The number of hydrogen-bond acceptors (Lipinski definition) is 4. The van der Waals surface area contributed by atoms with Crippen molar-refractivity contribution < 1.29 is 0 Å². The highest BCUT2D eigenvalue weighted by Gasteiger charge is 2.23. The molecule has 0 saturated heterocycles. The number of aryl methyl sites for hydroxylation is 2. The minimum Gasteiger partial charge on any atom is -0.140 e. The molecule has 0 saturated carbocycles. The molecule has 0 radical (unpaired) electrons. The van der Waals surface area contributed by atoms with Crippen molar-refractivity contribution in [2.45, 2.75) is 106 Å². The zero-order valence-electron chi connectivity index (χ0n) is 25.3. The van der Waals surface area contributed by atoms with Gasteiger partial charge in [-0.3, -0.25) is 0 Å². The lowest BCUT2D eigenvalue weighted by molar-refractivity contribution is 0.452. The minimum atomic E-state index is 0.809. The van der Waals surface area contributed by atoms with Crippen LogP contribution >= 0.6 is 45.3 Å². The summed E-state index contributed by atoms with van der Waals surface area (Å²) in [5.41, 5.74) is 2.97. The molecule has 0 aliphatic heterocycles. The molecule has 4 heterocycles. The van der Waals surface area contributed by atoms with Crippen molar-refractivity contribution in [2.24, 2.45) is 11.8 Å². The first-order valence-electron chi connectivity index (χ1n) is 15.6. The normalized spacial score (nSPS) is 13.6. The van der Waals surface area contributed by atoms with Gasteiger partial charge >= 0.3 is 0 Å². The van der Waals surface area contributed by atoms with Crippen LogP contribution in [0.2, 0.25) is 0 Å². The molecule has 40 heavy (non-hydrogen) atoms. The van der Waals surface area contributed by atoms with Crippen LogP contribution in [-0.4, -0.2) is 0 Å². The smallest absolute Gasteiger partial charge is 0.0445 e. The Morgan fingerprint density at radius 3 is 1.38 bits per heavy atom. The predicted molar refractivity (Wildman–Crippen MR) is 187 cm³/mol. The standard InChI is InChI=1S/C36H46S4/c1-7-11-13-25(9-3)21-27-15-17-31(39-27)33-29-19-23(5)38-36(29)34(30-20-24(6)37-35(30)33)32-18-16-28(40-32)22-26(10-4)14-12-8-2/h15-20,25-26H,7-14,21-22H2,1-6H3. The molecule has 0 amide bonds. The number of fused-ring (bicyclic) bond motifs is 2. The molecule has 214 valence electrons. The molecule has 0 bridgehead atoms. The van der Waals surface area contributed by atoms with Gasteiger partial charge in [-0.25, -0.2) is 0 Å². The van der Waals surface area contributed by atoms with Gasteiger partial charge in [-0.1, -0.05) is 79.1 Å². The van der Waals surface area contributed by atoms with Crippen LogP contribution in [0.4, 0.5) is 0 Å². The van der Waals surface area contributed by atoms with E-state index >= 15 is 0 Å². The first-order chi connectivity index (χ1) is 19.4. The van der Waals surface area contributed by atoms with E-state index in [4.69, 9.17) is 0 Å². The van der Waals surface area contributed by atoms with Gasteiger partial charge in [-0.05, 0) is 74.9 Å². The highest BCUT2D eigenvalue weighted by atomic mass is 32.1. The summed E-state index contributed by atoms with van der Waals surface area (Å²) in [4.78, 5) is 8.85. The molecule has 0 spiro atoms. The Morgan fingerprint density at radius 2 is 1.00 bits per heavy atom. The molecule has 5 rings (SSSR count). The topological polar surface area (TPSA) is 0 Å². The summed E-state index contributed by atoms with van der Waals surface area (Å²) in [6.45, 7) is 13.9. The van der Waals surface area contributed by atoms with Crippen LogP contribution in [0, 0.1) is 25.7 Å². The molecule has 1 aromatic carbocycles. The number of unbranched alkanes of at least 4 members (excludes halogenated alkanes) is 2. The maximum atomic E-state index is 2.47. The van der Waals surface area contributed by atoms with E-state index < -0.39 is 0 Å². The molecule has 4 heteroatoms. The number of benzene rings is 1. The maximum Gasteiger partial charge on any atom is 0.0445 e. The molecule has 0 N–H and O–H groups in total. The van der Waals surface area contributed by atoms with E-state index in [1.807, 2.05) is 45.3 Å². The van der Waals surface area contributed by atoms with Crippen molar-refractivity contribution in [3.05, 3.63) is 55.9 Å². The van der Waals surface area contributed by atoms with Gasteiger partial charge in [0.2, 0.25) is 0 Å². The Labute approximate surface area is 258 Å². The van der Waals surface area contributed by atoms with Gasteiger partial charge in [0.1, 0.15) is 0 Å². The van der Waals surface area contributed by atoms with Crippen molar-refractivity contribution in [3.8, 4) is 20.9 Å². The third-order valence-corrected chi connectivity index (χ3v) is 13.0. The van der Waals surface area contributed by atoms with Gasteiger partial charge in [0.05, 0.1) is 0 Å². The van der Waals surface area contributed by atoms with Crippen LogP contribution in [0.3, 0.4) is 0 Å². The average Bonchev–Trinajstić information content (AvgIpc) is 3.74. The first kappa shape index (κ1) is 30.0. The third kappa shape index (κ3) is 6.46. The van der Waals surface area contributed by atoms with Crippen LogP contribution in [-0.2, 0) is 12.8 Å². The average molecular weight is 607 g/mol. The Kier molecular flexibility index (Phi) is 10.3. The molecule has 0 nitrogen and oxygen atoms in total. The summed E-state index contributed by atoms with van der Waals surface area (Å²) >= 11 is 8.08. The summed E-state index contributed by atoms with van der Waals surface area (Å²) < 4.78 is 2.96. The quantitative estimate of drug-likeness (QED) is 0.118. The summed E-state index contributed by atoms with van der Waals surface area (Å²) in [5, 5.41) is 2.92. The monoisotopic (exact) mass is 606 g/mol. The van der Waals surface area contributed by atoms with Crippen LogP contribution in [0.25, 0.3) is 41.1 Å². The summed E-state index contributed by atoms with van der Waals surface area (Å²) in [5.74, 6) is 1.62. The molecule has 2 atom stereocenters. The Hall–Kier alpha value is -1.46. The van der Waals surface area contributed by atoms with Gasteiger partial charge in [-0.15, -0.1) is 45.3 Å². The fraction of sp³-hybridized carbons (Fsp3) is 0.500. The zero-order chi connectivity index (χ0) is 28.2. The first-order valence-corrected chi connectivity index (χ1v) is 18.9. The van der Waals surface area contributed by atoms with Crippen molar-refractivity contribution in [1.29, 1.82) is 0 Å². The molecule has 0 aliphatic rings. The lowest BCUT2D eigenvalue weighted by Crippen LogP contribution is -2.01. The second-order valence-corrected chi connectivity index (χ2v) is 16.6. The predicted octanol–water partition coefficient (Wildman–Crippen LogP) is 13.7. The molecular weight excluding hydrogens is 561 g/mol. The van der Waals surface area contributed by atoms with E-state index in [1.165, 1.54) is 115 Å². The molecule has 0 aliphatic carbocycles. The van der Waals surface area contributed by atoms with E-state index in [1.54, 1.807) is 9.75 Å². The Balaban J connectivity index is 1.57. The van der Waals surface area contributed by atoms with E-state index in [-0.39, 0.29) is 0 Å².